The van der Waals surface area contributed by atoms with Crippen LogP contribution < -0.4 is 4.72 Å². The molecule has 23 heavy (non-hydrogen) atoms. The lowest BCUT2D eigenvalue weighted by Gasteiger charge is -2.29. The van der Waals surface area contributed by atoms with E-state index in [0.29, 0.717) is 0 Å². The number of aromatic nitrogens is 1. The number of ether oxygens (including phenoxy) is 1. The van der Waals surface area contributed by atoms with E-state index in [9.17, 15) is 12.8 Å². The van der Waals surface area contributed by atoms with Crippen molar-refractivity contribution in [1.82, 2.24) is 9.88 Å². The summed E-state index contributed by atoms with van der Waals surface area (Å²) in [4.78, 5) is -0.00973. The van der Waals surface area contributed by atoms with Crippen molar-refractivity contribution >= 4 is 10.0 Å². The van der Waals surface area contributed by atoms with Crippen LogP contribution >= 0.6 is 0 Å². The molecule has 0 amide bonds. The summed E-state index contributed by atoms with van der Waals surface area (Å²) in [5.41, 5.74) is -0.624. The molecule has 0 fully saturated rings. The fourth-order valence-electron chi connectivity index (χ4n) is 2.33. The van der Waals surface area contributed by atoms with E-state index in [1.807, 2.05) is 0 Å². The van der Waals surface area contributed by atoms with Crippen LogP contribution in [-0.4, -0.2) is 27.2 Å². The molecule has 0 aliphatic carbocycles. The van der Waals surface area contributed by atoms with Gasteiger partial charge in [-0.3, -0.25) is 0 Å². The van der Waals surface area contributed by atoms with E-state index in [2.05, 4.69) is 9.88 Å². The van der Waals surface area contributed by atoms with Crippen molar-refractivity contribution in [3.05, 3.63) is 47.1 Å². The number of nitrogens with zero attached hydrogens (tertiary/aromatic N) is 1. The molecule has 0 aliphatic heterocycles. The van der Waals surface area contributed by atoms with Crippen molar-refractivity contribution in [2.75, 3.05) is 13.7 Å². The average molecular weight is 342 g/mol. The first-order valence-electron chi connectivity index (χ1n) is 6.94. The highest BCUT2D eigenvalue weighted by molar-refractivity contribution is 7.89. The zero-order valence-corrected chi connectivity index (χ0v) is 14.2. The summed E-state index contributed by atoms with van der Waals surface area (Å²) in [7, 11) is -2.45. The second-order valence-corrected chi connectivity index (χ2v) is 7.10. The summed E-state index contributed by atoms with van der Waals surface area (Å²) in [5.74, 6) is -0.270. The van der Waals surface area contributed by atoms with Gasteiger partial charge in [0.2, 0.25) is 10.0 Å². The summed E-state index contributed by atoms with van der Waals surface area (Å²) >= 11 is 0. The lowest BCUT2D eigenvalue weighted by Crippen LogP contribution is -2.40. The van der Waals surface area contributed by atoms with Crippen LogP contribution in [0.3, 0.4) is 0 Å². The molecule has 1 aromatic heterocycles. The number of aryl methyl sites for hydroxylation is 2. The monoisotopic (exact) mass is 342 g/mol. The number of hydrogen-bond donors (Lipinski definition) is 1. The van der Waals surface area contributed by atoms with Crippen LogP contribution in [0.2, 0.25) is 0 Å². The molecule has 2 rings (SSSR count). The standard InChI is InChI=1S/C15H19FN2O4S/c1-10-14(11(2)22-18-10)23(19,20)17-9-15(3,21-4)12-7-5-6-8-13(12)16/h5-8,17H,9H2,1-4H3. The third-order valence-corrected chi connectivity index (χ3v) is 5.37. The summed E-state index contributed by atoms with van der Waals surface area (Å²) in [6.07, 6.45) is 0. The van der Waals surface area contributed by atoms with Crippen LogP contribution in [0.15, 0.2) is 33.7 Å². The Morgan fingerprint density at radius 2 is 2.00 bits per heavy atom. The number of hydrogen-bond acceptors (Lipinski definition) is 5. The molecule has 1 aromatic carbocycles. The zero-order chi connectivity index (χ0) is 17.3. The molecule has 0 bridgehead atoms. The van der Waals surface area contributed by atoms with E-state index in [1.54, 1.807) is 25.1 Å². The molecule has 8 heteroatoms. The highest BCUT2D eigenvalue weighted by atomic mass is 32.2. The summed E-state index contributed by atoms with van der Waals surface area (Å²) in [6, 6.07) is 6.08. The van der Waals surface area contributed by atoms with Gasteiger partial charge >= 0.3 is 0 Å². The Hall–Kier alpha value is -1.77. The number of rotatable bonds is 6. The van der Waals surface area contributed by atoms with Gasteiger partial charge in [-0.2, -0.15) is 0 Å². The van der Waals surface area contributed by atoms with Crippen LogP contribution in [0.5, 0.6) is 0 Å². The highest BCUT2D eigenvalue weighted by Crippen LogP contribution is 2.27. The average Bonchev–Trinajstić information content (AvgIpc) is 2.85. The molecule has 1 unspecified atom stereocenters. The minimum atomic E-state index is -3.85. The fourth-order valence-corrected chi connectivity index (χ4v) is 3.78. The Morgan fingerprint density at radius 3 is 2.52 bits per heavy atom. The maximum absolute atomic E-state index is 14.0. The molecular formula is C15H19FN2O4S. The number of nitrogens with one attached hydrogen (secondary N) is 1. The van der Waals surface area contributed by atoms with Crippen molar-refractivity contribution in [3.63, 3.8) is 0 Å². The Labute approximate surface area is 134 Å². The van der Waals surface area contributed by atoms with Crippen molar-refractivity contribution < 1.29 is 22.1 Å². The van der Waals surface area contributed by atoms with Gasteiger partial charge < -0.3 is 9.26 Å². The van der Waals surface area contributed by atoms with E-state index in [1.165, 1.54) is 27.0 Å². The van der Waals surface area contributed by atoms with Crippen LogP contribution in [0.25, 0.3) is 0 Å². The van der Waals surface area contributed by atoms with Gasteiger partial charge in [-0.15, -0.1) is 0 Å². The minimum absolute atomic E-state index is 0.00973. The number of benzene rings is 1. The van der Waals surface area contributed by atoms with Gasteiger partial charge in [-0.1, -0.05) is 23.4 Å². The van der Waals surface area contributed by atoms with Gasteiger partial charge in [0.1, 0.15) is 22.0 Å². The molecule has 6 nitrogen and oxygen atoms in total. The zero-order valence-electron chi connectivity index (χ0n) is 13.4. The van der Waals surface area contributed by atoms with Crippen LogP contribution in [-0.2, 0) is 20.4 Å². The van der Waals surface area contributed by atoms with E-state index in [0.717, 1.165) is 0 Å². The molecular weight excluding hydrogens is 323 g/mol. The Morgan fingerprint density at radius 1 is 1.35 bits per heavy atom. The smallest absolute Gasteiger partial charge is 0.246 e. The molecule has 1 atom stereocenters. The van der Waals surface area contributed by atoms with Crippen LogP contribution in [0.1, 0.15) is 23.9 Å². The second-order valence-electron chi connectivity index (χ2n) is 5.39. The first-order chi connectivity index (χ1) is 10.7. The second kappa shape index (κ2) is 6.38. The van der Waals surface area contributed by atoms with E-state index in [-0.39, 0.29) is 28.5 Å². The number of halogens is 1. The molecule has 0 saturated carbocycles. The maximum Gasteiger partial charge on any atom is 0.246 e. The summed E-state index contributed by atoms with van der Waals surface area (Å²) in [6.45, 7) is 4.52. The predicted molar refractivity (Wildman–Crippen MR) is 81.9 cm³/mol. The Kier molecular flexibility index (Phi) is 4.88. The SMILES string of the molecule is COC(C)(CNS(=O)(=O)c1c(C)noc1C)c1ccccc1F. The van der Waals surface area contributed by atoms with Gasteiger partial charge in [0.15, 0.2) is 5.76 Å². The maximum atomic E-state index is 14.0. The molecule has 1 N–H and O–H groups in total. The normalized spacial score (nSPS) is 14.7. The molecule has 126 valence electrons. The minimum Gasteiger partial charge on any atom is -0.372 e. The van der Waals surface area contributed by atoms with Gasteiger partial charge in [0.05, 0.1) is 0 Å². The molecule has 0 aliphatic rings. The molecule has 0 spiro atoms. The summed E-state index contributed by atoms with van der Waals surface area (Å²) in [5, 5.41) is 3.63. The van der Waals surface area contributed by atoms with E-state index in [4.69, 9.17) is 9.26 Å². The van der Waals surface area contributed by atoms with Gasteiger partial charge in [0.25, 0.3) is 0 Å². The van der Waals surface area contributed by atoms with Crippen LogP contribution in [0.4, 0.5) is 4.39 Å². The molecule has 0 radical (unpaired) electrons. The predicted octanol–water partition coefficient (Wildman–Crippen LogP) is 2.27. The molecule has 1 heterocycles. The Bertz CT molecular complexity index is 784. The topological polar surface area (TPSA) is 81.4 Å². The number of sulfonamides is 1. The van der Waals surface area contributed by atoms with Gasteiger partial charge in [-0.25, -0.2) is 17.5 Å². The van der Waals surface area contributed by atoms with Crippen molar-refractivity contribution in [3.8, 4) is 0 Å². The fraction of sp³-hybridized carbons (Fsp3) is 0.400. The lowest BCUT2D eigenvalue weighted by molar-refractivity contribution is 0.00409. The molecule has 0 saturated heterocycles. The number of methoxy groups -OCH3 is 1. The largest absolute Gasteiger partial charge is 0.372 e. The van der Waals surface area contributed by atoms with Gasteiger partial charge in [-0.05, 0) is 26.8 Å². The van der Waals surface area contributed by atoms with Gasteiger partial charge in [0, 0.05) is 19.2 Å². The van der Waals surface area contributed by atoms with Crippen molar-refractivity contribution in [1.29, 1.82) is 0 Å². The highest BCUT2D eigenvalue weighted by Gasteiger charge is 2.33. The molecule has 2 aromatic rings. The third-order valence-electron chi connectivity index (χ3n) is 3.73. The van der Waals surface area contributed by atoms with Crippen molar-refractivity contribution in [2.24, 2.45) is 0 Å². The van der Waals surface area contributed by atoms with E-state index < -0.39 is 21.4 Å². The third kappa shape index (κ3) is 3.44. The first kappa shape index (κ1) is 17.6. The van der Waals surface area contributed by atoms with Crippen molar-refractivity contribution in [2.45, 2.75) is 31.3 Å². The Balaban J connectivity index is 2.29. The lowest BCUT2D eigenvalue weighted by atomic mass is 9.95. The summed E-state index contributed by atoms with van der Waals surface area (Å²) < 4.78 is 51.6. The quantitative estimate of drug-likeness (QED) is 0.871. The first-order valence-corrected chi connectivity index (χ1v) is 8.42. The van der Waals surface area contributed by atoms with E-state index >= 15 is 0 Å². The van der Waals surface area contributed by atoms with Crippen LogP contribution in [0, 0.1) is 19.7 Å².